The number of sulfone groups is 1. The van der Waals surface area contributed by atoms with Crippen LogP contribution >= 0.6 is 27.5 Å². The van der Waals surface area contributed by atoms with Crippen LogP contribution in [0, 0.1) is 0 Å². The van der Waals surface area contributed by atoms with E-state index in [4.69, 9.17) is 11.6 Å². The lowest BCUT2D eigenvalue weighted by Gasteiger charge is -2.02. The minimum absolute atomic E-state index is 0.0237. The first-order chi connectivity index (χ1) is 5.95. The number of rotatable bonds is 2. The molecule has 0 fully saturated rings. The van der Waals surface area contributed by atoms with E-state index in [1.807, 2.05) is 0 Å². The molecule has 0 spiro atoms. The largest absolute Gasteiger partial charge is 0.226 e. The van der Waals surface area contributed by atoms with E-state index in [9.17, 15) is 8.42 Å². The van der Waals surface area contributed by atoms with Gasteiger partial charge in [0.1, 0.15) is 0 Å². The van der Waals surface area contributed by atoms with E-state index in [-0.39, 0.29) is 10.3 Å². The Morgan fingerprint density at radius 3 is 2.69 bits per heavy atom. The molecule has 0 bridgehead atoms. The average molecular weight is 286 g/mol. The monoisotopic (exact) mass is 284 g/mol. The summed E-state index contributed by atoms with van der Waals surface area (Å²) in [6, 6.07) is 0. The van der Waals surface area contributed by atoms with E-state index in [0.717, 1.165) is 6.26 Å². The van der Waals surface area contributed by atoms with Crippen LogP contribution in [0.1, 0.15) is 5.56 Å². The Labute approximate surface area is 89.4 Å². The van der Waals surface area contributed by atoms with Gasteiger partial charge in [0.05, 0.1) is 0 Å². The molecule has 0 aliphatic heterocycles. The minimum Gasteiger partial charge on any atom is -0.226 e. The molecule has 13 heavy (non-hydrogen) atoms. The second kappa shape index (κ2) is 3.89. The summed E-state index contributed by atoms with van der Waals surface area (Å²) < 4.78 is 22.4. The smallest absolute Gasteiger partial charge is 0.223 e. The number of aromatic nitrogens is 2. The van der Waals surface area contributed by atoms with Gasteiger partial charge in [-0.1, -0.05) is 15.9 Å². The molecule has 0 aliphatic rings. The van der Waals surface area contributed by atoms with Gasteiger partial charge in [0.15, 0.2) is 14.9 Å². The van der Waals surface area contributed by atoms with Gasteiger partial charge in [-0.25, -0.2) is 18.4 Å². The molecule has 1 heterocycles. The van der Waals surface area contributed by atoms with Gasteiger partial charge in [-0.15, -0.1) is 0 Å². The van der Waals surface area contributed by atoms with Crippen LogP contribution in [-0.4, -0.2) is 24.6 Å². The van der Waals surface area contributed by atoms with E-state index >= 15 is 0 Å². The molecular formula is C6H6BrClN2O2S. The normalized spacial score (nSPS) is 11.6. The summed E-state index contributed by atoms with van der Waals surface area (Å²) in [4.78, 5) is 7.34. The molecule has 72 valence electrons. The highest BCUT2D eigenvalue weighted by Gasteiger charge is 2.15. The third-order valence-corrected chi connectivity index (χ3v) is 3.13. The van der Waals surface area contributed by atoms with Crippen LogP contribution in [-0.2, 0) is 15.2 Å². The van der Waals surface area contributed by atoms with Crippen molar-refractivity contribution in [2.75, 3.05) is 6.26 Å². The van der Waals surface area contributed by atoms with Crippen molar-refractivity contribution in [3.05, 3.63) is 17.0 Å². The van der Waals surface area contributed by atoms with Crippen LogP contribution in [0.3, 0.4) is 0 Å². The number of nitrogens with zero attached hydrogens (tertiary/aromatic N) is 2. The maximum absolute atomic E-state index is 11.2. The molecule has 0 amide bonds. The Hall–Kier alpha value is -0.200. The predicted octanol–water partition coefficient (Wildman–Crippen LogP) is 1.43. The average Bonchev–Trinajstić information content (AvgIpc) is 2.03. The van der Waals surface area contributed by atoms with Crippen molar-refractivity contribution < 1.29 is 8.42 Å². The number of hydrogen-bond acceptors (Lipinski definition) is 4. The molecule has 1 aromatic rings. The van der Waals surface area contributed by atoms with Gasteiger partial charge in [-0.3, -0.25) is 0 Å². The van der Waals surface area contributed by atoms with Crippen molar-refractivity contribution in [3.63, 3.8) is 0 Å². The quantitative estimate of drug-likeness (QED) is 0.468. The van der Waals surface area contributed by atoms with Gasteiger partial charge in [0.2, 0.25) is 5.28 Å². The summed E-state index contributed by atoms with van der Waals surface area (Å²) in [6.45, 7) is 0. The first-order valence-electron chi connectivity index (χ1n) is 3.22. The lowest BCUT2D eigenvalue weighted by Crippen LogP contribution is -2.05. The van der Waals surface area contributed by atoms with Gasteiger partial charge in [0.25, 0.3) is 0 Å². The van der Waals surface area contributed by atoms with E-state index in [2.05, 4.69) is 25.9 Å². The molecule has 0 saturated carbocycles. The van der Waals surface area contributed by atoms with Gasteiger partial charge >= 0.3 is 0 Å². The zero-order chi connectivity index (χ0) is 10.1. The first kappa shape index (κ1) is 10.9. The molecule has 0 unspecified atom stereocenters. The predicted molar refractivity (Wildman–Crippen MR) is 52.8 cm³/mol. The molecule has 4 nitrogen and oxygen atoms in total. The summed E-state index contributed by atoms with van der Waals surface area (Å²) in [7, 11) is -3.33. The lowest BCUT2D eigenvalue weighted by atomic mass is 10.4. The number of alkyl halides is 1. The Kier molecular flexibility index (Phi) is 3.26. The fourth-order valence-corrected chi connectivity index (χ4v) is 2.42. The molecule has 1 rings (SSSR count). The highest BCUT2D eigenvalue weighted by molar-refractivity contribution is 9.08. The molecule has 0 aliphatic carbocycles. The highest BCUT2D eigenvalue weighted by Crippen LogP contribution is 2.16. The maximum atomic E-state index is 11.2. The Bertz CT molecular complexity index is 421. The number of hydrogen-bond donors (Lipinski definition) is 0. The summed E-state index contributed by atoms with van der Waals surface area (Å²) in [5.41, 5.74) is 0.506. The van der Waals surface area contributed by atoms with E-state index < -0.39 is 9.84 Å². The third kappa shape index (κ3) is 2.62. The van der Waals surface area contributed by atoms with Crippen LogP contribution in [0.5, 0.6) is 0 Å². The summed E-state index contributed by atoms with van der Waals surface area (Å²) in [5.74, 6) is 0. The van der Waals surface area contributed by atoms with Crippen LogP contribution in [0.25, 0.3) is 0 Å². The molecule has 0 radical (unpaired) electrons. The summed E-state index contributed by atoms with van der Waals surface area (Å²) in [5, 5.41) is 0.293. The van der Waals surface area contributed by atoms with Crippen molar-refractivity contribution in [1.82, 2.24) is 9.97 Å². The SMILES string of the molecule is CS(=O)(=O)c1nc(Cl)ncc1CBr. The van der Waals surface area contributed by atoms with E-state index in [1.54, 1.807) is 0 Å². The lowest BCUT2D eigenvalue weighted by molar-refractivity contribution is 0.596. The van der Waals surface area contributed by atoms with E-state index in [1.165, 1.54) is 6.20 Å². The molecule has 7 heteroatoms. The van der Waals surface area contributed by atoms with Crippen molar-refractivity contribution in [2.45, 2.75) is 10.4 Å². The zero-order valence-corrected chi connectivity index (χ0v) is 9.82. The minimum atomic E-state index is -3.33. The fraction of sp³-hybridized carbons (Fsp3) is 0.333. The third-order valence-electron chi connectivity index (χ3n) is 1.29. The maximum Gasteiger partial charge on any atom is 0.223 e. The first-order valence-corrected chi connectivity index (χ1v) is 6.61. The van der Waals surface area contributed by atoms with Crippen LogP contribution in [0.2, 0.25) is 5.28 Å². The zero-order valence-electron chi connectivity index (χ0n) is 6.66. The van der Waals surface area contributed by atoms with Crippen molar-refractivity contribution in [1.29, 1.82) is 0 Å². The molecule has 1 aromatic heterocycles. The second-order valence-corrected chi connectivity index (χ2v) is 5.21. The van der Waals surface area contributed by atoms with E-state index in [0.29, 0.717) is 10.9 Å². The second-order valence-electron chi connectivity index (χ2n) is 2.38. The van der Waals surface area contributed by atoms with Crippen LogP contribution in [0.15, 0.2) is 11.2 Å². The highest BCUT2D eigenvalue weighted by atomic mass is 79.9. The summed E-state index contributed by atoms with van der Waals surface area (Å²) in [6.07, 6.45) is 2.47. The molecule has 0 N–H and O–H groups in total. The Morgan fingerprint density at radius 2 is 2.23 bits per heavy atom. The topological polar surface area (TPSA) is 59.9 Å². The van der Waals surface area contributed by atoms with Gasteiger partial charge in [0, 0.05) is 23.3 Å². The molecule has 0 saturated heterocycles. The molecular weight excluding hydrogens is 280 g/mol. The standard InChI is InChI=1S/C6H6BrClN2O2S/c1-13(11,12)5-4(2-7)3-9-6(8)10-5/h3H,2H2,1H3. The van der Waals surface area contributed by atoms with Gasteiger partial charge in [-0.05, 0) is 11.6 Å². The van der Waals surface area contributed by atoms with Crippen LogP contribution in [0.4, 0.5) is 0 Å². The molecule has 0 aromatic carbocycles. The van der Waals surface area contributed by atoms with Crippen molar-refractivity contribution >= 4 is 37.4 Å². The van der Waals surface area contributed by atoms with Crippen LogP contribution < -0.4 is 0 Å². The summed E-state index contributed by atoms with van der Waals surface area (Å²) >= 11 is 8.62. The van der Waals surface area contributed by atoms with Crippen molar-refractivity contribution in [3.8, 4) is 0 Å². The Balaban J connectivity index is 3.41. The number of halogens is 2. The Morgan fingerprint density at radius 1 is 1.62 bits per heavy atom. The van der Waals surface area contributed by atoms with Gasteiger partial charge in [-0.2, -0.15) is 0 Å². The van der Waals surface area contributed by atoms with Crippen molar-refractivity contribution in [2.24, 2.45) is 0 Å². The fourth-order valence-electron chi connectivity index (χ4n) is 0.784. The molecule has 0 atom stereocenters. The van der Waals surface area contributed by atoms with Gasteiger partial charge < -0.3 is 0 Å².